The Morgan fingerprint density at radius 1 is 1.05 bits per heavy atom. The van der Waals surface area contributed by atoms with E-state index < -0.39 is 0 Å². The molecule has 106 valence electrons. The summed E-state index contributed by atoms with van der Waals surface area (Å²) in [6.45, 7) is 3.42. The van der Waals surface area contributed by atoms with Gasteiger partial charge in [-0.25, -0.2) is 0 Å². The van der Waals surface area contributed by atoms with E-state index in [1.54, 1.807) is 0 Å². The lowest BCUT2D eigenvalue weighted by Crippen LogP contribution is -2.01. The van der Waals surface area contributed by atoms with Gasteiger partial charge in [0.25, 0.3) is 0 Å². The molecule has 1 N–H and O–H groups in total. The lowest BCUT2D eigenvalue weighted by atomic mass is 10.1. The summed E-state index contributed by atoms with van der Waals surface area (Å²) < 4.78 is 5.53. The third-order valence-electron chi connectivity index (χ3n) is 3.33. The smallest absolute Gasteiger partial charge is 0.119 e. The molecule has 0 aliphatic carbocycles. The van der Waals surface area contributed by atoms with E-state index in [0.717, 1.165) is 28.9 Å². The molecule has 0 radical (unpaired) electrons. The number of rotatable bonds is 5. The van der Waals surface area contributed by atoms with Gasteiger partial charge in [-0.3, -0.25) is 4.98 Å². The minimum Gasteiger partial charge on any atom is -0.494 e. The fraction of sp³-hybridized carbons (Fsp3) is 0.167. The predicted molar refractivity (Wildman–Crippen MR) is 86.7 cm³/mol. The van der Waals surface area contributed by atoms with Gasteiger partial charge in [0.1, 0.15) is 5.75 Å². The number of pyridine rings is 1. The number of ether oxygens (including phenoxy) is 1. The summed E-state index contributed by atoms with van der Waals surface area (Å²) in [7, 11) is 0. The van der Waals surface area contributed by atoms with E-state index in [1.165, 1.54) is 5.56 Å². The van der Waals surface area contributed by atoms with Gasteiger partial charge in [0.2, 0.25) is 0 Å². The first-order valence-electron chi connectivity index (χ1n) is 7.16. The van der Waals surface area contributed by atoms with Crippen LogP contribution in [0.5, 0.6) is 5.75 Å². The second-order valence-corrected chi connectivity index (χ2v) is 4.81. The maximum Gasteiger partial charge on any atom is 0.119 e. The van der Waals surface area contributed by atoms with Gasteiger partial charge in [-0.15, -0.1) is 0 Å². The lowest BCUT2D eigenvalue weighted by Gasteiger charge is -2.10. The molecule has 0 saturated carbocycles. The Labute approximate surface area is 124 Å². The van der Waals surface area contributed by atoms with Crippen LogP contribution in [0, 0.1) is 0 Å². The van der Waals surface area contributed by atoms with Gasteiger partial charge in [0, 0.05) is 18.1 Å². The molecule has 3 aromatic rings. The fourth-order valence-corrected chi connectivity index (χ4v) is 2.36. The van der Waals surface area contributed by atoms with E-state index in [9.17, 15) is 0 Å². The van der Waals surface area contributed by atoms with Crippen LogP contribution >= 0.6 is 0 Å². The molecule has 0 aliphatic rings. The van der Waals surface area contributed by atoms with E-state index in [-0.39, 0.29) is 0 Å². The van der Waals surface area contributed by atoms with Crippen molar-refractivity contribution in [3.05, 3.63) is 66.4 Å². The molecule has 3 nitrogen and oxygen atoms in total. The van der Waals surface area contributed by atoms with Crippen molar-refractivity contribution in [2.75, 3.05) is 11.9 Å². The van der Waals surface area contributed by atoms with Crippen LogP contribution in [0.1, 0.15) is 12.5 Å². The second kappa shape index (κ2) is 6.27. The number of fused-ring (bicyclic) bond motifs is 1. The number of anilines is 1. The van der Waals surface area contributed by atoms with E-state index in [4.69, 9.17) is 4.74 Å². The van der Waals surface area contributed by atoms with E-state index >= 15 is 0 Å². The van der Waals surface area contributed by atoms with Gasteiger partial charge in [-0.2, -0.15) is 0 Å². The Hall–Kier alpha value is -2.55. The zero-order chi connectivity index (χ0) is 14.5. The first kappa shape index (κ1) is 13.4. The van der Waals surface area contributed by atoms with Crippen molar-refractivity contribution in [1.29, 1.82) is 0 Å². The molecule has 0 atom stereocenters. The minimum absolute atomic E-state index is 0.685. The van der Waals surface area contributed by atoms with Crippen molar-refractivity contribution in [3.8, 4) is 5.75 Å². The molecule has 1 aromatic heterocycles. The SMILES string of the molecule is CCOc1cccc(CNc2cccc3cccnc23)c1. The van der Waals surface area contributed by atoms with Crippen LogP contribution in [0.15, 0.2) is 60.8 Å². The van der Waals surface area contributed by atoms with Crippen molar-refractivity contribution in [2.24, 2.45) is 0 Å². The Bertz CT molecular complexity index is 735. The van der Waals surface area contributed by atoms with Gasteiger partial charge in [-0.05, 0) is 36.8 Å². The number of hydrogen-bond acceptors (Lipinski definition) is 3. The molecule has 0 spiro atoms. The molecule has 3 heteroatoms. The molecule has 0 fully saturated rings. The highest BCUT2D eigenvalue weighted by Gasteiger charge is 2.02. The van der Waals surface area contributed by atoms with Crippen LogP contribution in [-0.2, 0) is 6.54 Å². The average molecular weight is 278 g/mol. The van der Waals surface area contributed by atoms with Crippen molar-refractivity contribution in [3.63, 3.8) is 0 Å². The minimum atomic E-state index is 0.685. The molecule has 1 heterocycles. The third-order valence-corrected chi connectivity index (χ3v) is 3.33. The summed E-state index contributed by atoms with van der Waals surface area (Å²) in [5, 5.41) is 4.60. The van der Waals surface area contributed by atoms with Crippen LogP contribution in [-0.4, -0.2) is 11.6 Å². The lowest BCUT2D eigenvalue weighted by molar-refractivity contribution is 0.340. The third kappa shape index (κ3) is 3.14. The molecular formula is C18H18N2O. The molecule has 2 aromatic carbocycles. The van der Waals surface area contributed by atoms with Crippen LogP contribution in [0.3, 0.4) is 0 Å². The molecular weight excluding hydrogens is 260 g/mol. The number of nitrogens with zero attached hydrogens (tertiary/aromatic N) is 1. The van der Waals surface area contributed by atoms with Crippen molar-refractivity contribution in [1.82, 2.24) is 4.98 Å². The number of hydrogen-bond donors (Lipinski definition) is 1. The van der Waals surface area contributed by atoms with Crippen LogP contribution in [0.4, 0.5) is 5.69 Å². The van der Waals surface area contributed by atoms with Crippen LogP contribution in [0.25, 0.3) is 10.9 Å². The van der Waals surface area contributed by atoms with Gasteiger partial charge < -0.3 is 10.1 Å². The Morgan fingerprint density at radius 3 is 2.81 bits per heavy atom. The van der Waals surface area contributed by atoms with Crippen molar-refractivity contribution >= 4 is 16.6 Å². The Kier molecular flexibility index (Phi) is 4.01. The predicted octanol–water partition coefficient (Wildman–Crippen LogP) is 4.25. The van der Waals surface area contributed by atoms with Gasteiger partial charge in [0.05, 0.1) is 17.8 Å². The zero-order valence-corrected chi connectivity index (χ0v) is 12.0. The quantitative estimate of drug-likeness (QED) is 0.757. The molecule has 0 saturated heterocycles. The summed E-state index contributed by atoms with van der Waals surface area (Å²) >= 11 is 0. The molecule has 3 rings (SSSR count). The number of nitrogens with one attached hydrogen (secondary N) is 1. The first-order valence-corrected chi connectivity index (χ1v) is 7.16. The largest absolute Gasteiger partial charge is 0.494 e. The van der Waals surface area contributed by atoms with Crippen molar-refractivity contribution in [2.45, 2.75) is 13.5 Å². The second-order valence-electron chi connectivity index (χ2n) is 4.81. The summed E-state index contributed by atoms with van der Waals surface area (Å²) in [6, 6.07) is 18.4. The fourth-order valence-electron chi connectivity index (χ4n) is 2.36. The monoisotopic (exact) mass is 278 g/mol. The maximum absolute atomic E-state index is 5.53. The van der Waals surface area contributed by atoms with E-state index in [2.05, 4.69) is 40.6 Å². The number of benzene rings is 2. The van der Waals surface area contributed by atoms with Crippen molar-refractivity contribution < 1.29 is 4.74 Å². The summed E-state index contributed by atoms with van der Waals surface area (Å²) in [6.07, 6.45) is 1.82. The van der Waals surface area contributed by atoms with Gasteiger partial charge in [0.15, 0.2) is 0 Å². The van der Waals surface area contributed by atoms with Crippen LogP contribution < -0.4 is 10.1 Å². The van der Waals surface area contributed by atoms with E-state index in [0.29, 0.717) is 6.61 Å². The summed E-state index contributed by atoms with van der Waals surface area (Å²) in [5.41, 5.74) is 3.24. The maximum atomic E-state index is 5.53. The highest BCUT2D eigenvalue weighted by Crippen LogP contribution is 2.22. The van der Waals surface area contributed by atoms with Gasteiger partial charge in [-0.1, -0.05) is 30.3 Å². The highest BCUT2D eigenvalue weighted by atomic mass is 16.5. The first-order chi connectivity index (χ1) is 10.4. The topological polar surface area (TPSA) is 34.1 Å². The Morgan fingerprint density at radius 2 is 1.90 bits per heavy atom. The van der Waals surface area contributed by atoms with Gasteiger partial charge >= 0.3 is 0 Å². The number of para-hydroxylation sites is 1. The Balaban J connectivity index is 1.79. The average Bonchev–Trinajstić information content (AvgIpc) is 2.53. The highest BCUT2D eigenvalue weighted by molar-refractivity contribution is 5.90. The molecule has 21 heavy (non-hydrogen) atoms. The number of aromatic nitrogens is 1. The normalized spacial score (nSPS) is 10.5. The summed E-state index contributed by atoms with van der Waals surface area (Å²) in [5.74, 6) is 0.910. The van der Waals surface area contributed by atoms with Crippen LogP contribution in [0.2, 0.25) is 0 Å². The zero-order valence-electron chi connectivity index (χ0n) is 12.0. The molecule has 0 aliphatic heterocycles. The summed E-state index contributed by atoms with van der Waals surface area (Å²) in [4.78, 5) is 4.45. The standard InChI is InChI=1S/C18H18N2O/c1-2-21-16-9-3-6-14(12-16)13-20-17-10-4-7-15-8-5-11-19-18(15)17/h3-12,20H,2,13H2,1H3. The molecule has 0 bridgehead atoms. The van der Waals surface area contributed by atoms with E-state index in [1.807, 2.05) is 37.4 Å². The molecule has 0 unspecified atom stereocenters. The molecule has 0 amide bonds.